The lowest BCUT2D eigenvalue weighted by atomic mass is 10.1. The highest BCUT2D eigenvalue weighted by Gasteiger charge is 2.20. The van der Waals surface area contributed by atoms with Crippen molar-refractivity contribution >= 4 is 34.2 Å². The highest BCUT2D eigenvalue weighted by molar-refractivity contribution is 7.13. The van der Waals surface area contributed by atoms with E-state index in [1.54, 1.807) is 34.2 Å². The average molecular weight is 386 g/mol. The molecule has 0 radical (unpaired) electrons. The van der Waals surface area contributed by atoms with E-state index in [9.17, 15) is 9.59 Å². The normalized spacial score (nSPS) is 10.9. The average Bonchev–Trinajstić information content (AvgIpc) is 3.35. The fourth-order valence-electron chi connectivity index (χ4n) is 2.88. The van der Waals surface area contributed by atoms with Crippen LogP contribution in [0.25, 0.3) is 21.6 Å². The Hall–Kier alpha value is -2.74. The molecule has 0 saturated heterocycles. The van der Waals surface area contributed by atoms with E-state index in [0.29, 0.717) is 30.7 Å². The Morgan fingerprint density at radius 1 is 1.37 bits per heavy atom. The Balaban J connectivity index is 1.93. The lowest BCUT2D eigenvalue weighted by Gasteiger charge is -2.18. The van der Waals surface area contributed by atoms with Crippen molar-refractivity contribution in [2.45, 2.75) is 26.3 Å². The third kappa shape index (κ3) is 4.00. The van der Waals surface area contributed by atoms with E-state index < -0.39 is 0 Å². The molecule has 27 heavy (non-hydrogen) atoms. The number of ether oxygens (including phenoxy) is 1. The predicted molar refractivity (Wildman–Crippen MR) is 105 cm³/mol. The molecule has 0 aliphatic carbocycles. The molecule has 0 spiro atoms. The first-order valence-corrected chi connectivity index (χ1v) is 9.65. The molecule has 0 atom stereocenters. The number of hydrogen-bond acceptors (Lipinski definition) is 6. The number of carbonyl (C=O) groups is 2. The van der Waals surface area contributed by atoms with Crippen LogP contribution in [0.5, 0.6) is 0 Å². The molecule has 7 nitrogen and oxygen atoms in total. The molecular formula is C19H22N4O3S. The van der Waals surface area contributed by atoms with Gasteiger partial charge in [-0.05, 0) is 30.9 Å². The minimum atomic E-state index is -0.272. The maximum Gasteiger partial charge on any atom is 0.305 e. The van der Waals surface area contributed by atoms with Gasteiger partial charge < -0.3 is 9.64 Å². The minimum absolute atomic E-state index is 0.110. The van der Waals surface area contributed by atoms with Crippen LogP contribution in [0.3, 0.4) is 0 Å². The number of thiophene rings is 1. The molecule has 1 amide bonds. The number of pyridine rings is 1. The molecule has 3 rings (SSSR count). The zero-order valence-corrected chi connectivity index (χ0v) is 16.5. The van der Waals surface area contributed by atoms with E-state index in [0.717, 1.165) is 16.0 Å². The second-order valence-corrected chi connectivity index (χ2v) is 7.08. The lowest BCUT2D eigenvalue weighted by Crippen LogP contribution is -2.28. The molecule has 142 valence electrons. The molecule has 0 aromatic carbocycles. The summed E-state index contributed by atoms with van der Waals surface area (Å²) in [7, 11) is 3.10. The smallest absolute Gasteiger partial charge is 0.305 e. The Morgan fingerprint density at radius 2 is 2.19 bits per heavy atom. The van der Waals surface area contributed by atoms with Gasteiger partial charge in [0, 0.05) is 26.6 Å². The molecule has 0 aliphatic rings. The fourth-order valence-corrected chi connectivity index (χ4v) is 3.56. The number of amides is 1. The highest BCUT2D eigenvalue weighted by Crippen LogP contribution is 2.28. The second-order valence-electron chi connectivity index (χ2n) is 6.14. The molecule has 3 heterocycles. The number of carbonyl (C=O) groups excluding carboxylic acids is 2. The molecule has 0 bridgehead atoms. The van der Waals surface area contributed by atoms with Gasteiger partial charge in [0.25, 0.3) is 5.91 Å². The van der Waals surface area contributed by atoms with Crippen molar-refractivity contribution < 1.29 is 14.3 Å². The zero-order chi connectivity index (χ0) is 19.4. The van der Waals surface area contributed by atoms with Crippen molar-refractivity contribution in [2.24, 2.45) is 0 Å². The second kappa shape index (κ2) is 8.30. The molecule has 0 saturated carbocycles. The first-order valence-electron chi connectivity index (χ1n) is 8.77. The number of hydrogen-bond donors (Lipinski definition) is 0. The van der Waals surface area contributed by atoms with E-state index in [1.165, 1.54) is 7.11 Å². The van der Waals surface area contributed by atoms with Gasteiger partial charge in [0.1, 0.15) is 0 Å². The number of methoxy groups -OCH3 is 1. The Morgan fingerprint density at radius 3 is 2.85 bits per heavy atom. The molecule has 0 unspecified atom stereocenters. The van der Waals surface area contributed by atoms with Gasteiger partial charge in [0.2, 0.25) is 0 Å². The van der Waals surface area contributed by atoms with Gasteiger partial charge >= 0.3 is 5.97 Å². The molecule has 3 aromatic heterocycles. The molecule has 8 heteroatoms. The summed E-state index contributed by atoms with van der Waals surface area (Å²) >= 11 is 1.58. The van der Waals surface area contributed by atoms with Gasteiger partial charge in [-0.2, -0.15) is 5.10 Å². The van der Waals surface area contributed by atoms with Gasteiger partial charge in [-0.1, -0.05) is 6.07 Å². The third-order valence-corrected chi connectivity index (χ3v) is 5.25. The minimum Gasteiger partial charge on any atom is -0.469 e. The predicted octanol–water partition coefficient (Wildman–Crippen LogP) is 3.20. The van der Waals surface area contributed by atoms with Crippen LogP contribution in [0.2, 0.25) is 0 Å². The van der Waals surface area contributed by atoms with Gasteiger partial charge in [-0.3, -0.25) is 9.59 Å². The standard InChI is InChI=1S/C19H22N4O3S/c1-4-23-18-14(12-20-23)13(11-15(21-18)16-7-6-10-27-16)19(25)22(2)9-5-8-17(24)26-3/h6-7,10-12H,4-5,8-9H2,1-3H3. The van der Waals surface area contributed by atoms with Crippen molar-refractivity contribution in [3.63, 3.8) is 0 Å². The van der Waals surface area contributed by atoms with Crippen LogP contribution < -0.4 is 0 Å². The Kier molecular flexibility index (Phi) is 5.85. The van der Waals surface area contributed by atoms with Crippen LogP contribution in [0.15, 0.2) is 29.8 Å². The van der Waals surface area contributed by atoms with Crippen molar-refractivity contribution in [1.82, 2.24) is 19.7 Å². The number of aromatic nitrogens is 3. The Labute approximate surface area is 161 Å². The number of aryl methyl sites for hydroxylation is 1. The lowest BCUT2D eigenvalue weighted by molar-refractivity contribution is -0.140. The molecule has 0 fully saturated rings. The summed E-state index contributed by atoms with van der Waals surface area (Å²) in [6.45, 7) is 3.13. The zero-order valence-electron chi connectivity index (χ0n) is 15.6. The number of nitrogens with zero attached hydrogens (tertiary/aromatic N) is 4. The first kappa shape index (κ1) is 19.0. The summed E-state index contributed by atoms with van der Waals surface area (Å²) in [4.78, 5) is 31.7. The largest absolute Gasteiger partial charge is 0.469 e. The SMILES string of the molecule is CCn1ncc2c(C(=O)N(C)CCCC(=O)OC)cc(-c3cccs3)nc21. The maximum absolute atomic E-state index is 13.1. The summed E-state index contributed by atoms with van der Waals surface area (Å²) in [6.07, 6.45) is 2.53. The maximum atomic E-state index is 13.1. The van der Waals surface area contributed by atoms with Gasteiger partial charge in [-0.25, -0.2) is 9.67 Å². The Bertz CT molecular complexity index is 949. The number of rotatable bonds is 7. The van der Waals surface area contributed by atoms with E-state index >= 15 is 0 Å². The summed E-state index contributed by atoms with van der Waals surface area (Å²) < 4.78 is 6.44. The van der Waals surface area contributed by atoms with Crippen LogP contribution in [0.1, 0.15) is 30.1 Å². The quantitative estimate of drug-likeness (QED) is 0.583. The monoisotopic (exact) mass is 386 g/mol. The molecular weight excluding hydrogens is 364 g/mol. The van der Waals surface area contributed by atoms with E-state index in [-0.39, 0.29) is 18.3 Å². The summed E-state index contributed by atoms with van der Waals surface area (Å²) in [5.41, 5.74) is 2.04. The van der Waals surface area contributed by atoms with Gasteiger partial charge in [0.05, 0.1) is 34.8 Å². The number of fused-ring (bicyclic) bond motifs is 1. The highest BCUT2D eigenvalue weighted by atomic mass is 32.1. The van der Waals surface area contributed by atoms with Crippen LogP contribution >= 0.6 is 11.3 Å². The topological polar surface area (TPSA) is 77.3 Å². The van der Waals surface area contributed by atoms with Crippen LogP contribution in [-0.2, 0) is 16.1 Å². The van der Waals surface area contributed by atoms with Crippen molar-refractivity contribution in [3.8, 4) is 10.6 Å². The summed E-state index contributed by atoms with van der Waals surface area (Å²) in [5, 5.41) is 7.08. The van der Waals surface area contributed by atoms with Crippen molar-refractivity contribution in [2.75, 3.05) is 20.7 Å². The van der Waals surface area contributed by atoms with Crippen LogP contribution in [-0.4, -0.2) is 52.2 Å². The summed E-state index contributed by atoms with van der Waals surface area (Å²) in [5.74, 6) is -0.382. The van der Waals surface area contributed by atoms with Crippen molar-refractivity contribution in [3.05, 3.63) is 35.3 Å². The van der Waals surface area contributed by atoms with Gasteiger partial charge in [-0.15, -0.1) is 11.3 Å². The number of esters is 1. The van der Waals surface area contributed by atoms with Crippen LogP contribution in [0, 0.1) is 0 Å². The van der Waals surface area contributed by atoms with E-state index in [4.69, 9.17) is 4.98 Å². The van der Waals surface area contributed by atoms with E-state index in [1.807, 2.05) is 30.5 Å². The fraction of sp³-hybridized carbons (Fsp3) is 0.368. The van der Waals surface area contributed by atoms with Crippen LogP contribution in [0.4, 0.5) is 0 Å². The molecule has 0 aliphatic heterocycles. The summed E-state index contributed by atoms with van der Waals surface area (Å²) in [6, 6.07) is 5.78. The van der Waals surface area contributed by atoms with E-state index in [2.05, 4.69) is 9.84 Å². The third-order valence-electron chi connectivity index (χ3n) is 4.36. The molecule has 3 aromatic rings. The first-order chi connectivity index (χ1) is 13.0. The van der Waals surface area contributed by atoms with Gasteiger partial charge in [0.15, 0.2) is 5.65 Å². The van der Waals surface area contributed by atoms with Crippen molar-refractivity contribution in [1.29, 1.82) is 0 Å². The molecule has 0 N–H and O–H groups in total.